The molecule has 0 fully saturated rings. The number of benzene rings is 1. The lowest BCUT2D eigenvalue weighted by Gasteiger charge is -2.16. The fraction of sp³-hybridized carbons (Fsp3) is 0.786. The van der Waals surface area contributed by atoms with Crippen molar-refractivity contribution in [2.45, 2.75) is 206 Å². The number of unbranched alkanes of at least 4 members (excludes halogenated alkanes) is 25. The summed E-state index contributed by atoms with van der Waals surface area (Å²) < 4.78 is 5.77. The van der Waals surface area contributed by atoms with Crippen molar-refractivity contribution in [3.63, 3.8) is 0 Å². The molecule has 0 saturated heterocycles. The maximum absolute atomic E-state index is 13.0. The largest absolute Gasteiger partial charge is 0.481 e. The first-order valence-electron chi connectivity index (χ1n) is 20.1. The van der Waals surface area contributed by atoms with Crippen molar-refractivity contribution in [1.29, 1.82) is 0 Å². The Kier molecular flexibility index (Phi) is 30.1. The topological polar surface area (TPSA) is 101 Å². The third-order valence-electron chi connectivity index (χ3n) is 9.69. The van der Waals surface area contributed by atoms with Gasteiger partial charge in [-0.3, -0.25) is 14.4 Å². The minimum Gasteiger partial charge on any atom is -0.481 e. The van der Waals surface area contributed by atoms with Crippen LogP contribution < -0.4 is 0 Å². The van der Waals surface area contributed by atoms with Crippen LogP contribution in [0, 0.1) is 5.92 Å². The second-order valence-electron chi connectivity index (χ2n) is 14.2. The summed E-state index contributed by atoms with van der Waals surface area (Å²) in [5.74, 6) is -1.34. The Labute approximate surface area is 294 Å². The van der Waals surface area contributed by atoms with Gasteiger partial charge in [0, 0.05) is 12.8 Å². The van der Waals surface area contributed by atoms with Crippen LogP contribution in [0.5, 0.6) is 0 Å². The number of hydrogen-bond donors (Lipinski definition) is 2. The van der Waals surface area contributed by atoms with E-state index in [1.165, 1.54) is 128 Å². The SMILES string of the molecule is O=C(O)CCCCCCCCCCCCCCCCC(CCCCCCCCCCCCCCCC(=O)O)C(=O)OCc1ccccc1. The molecule has 0 amide bonds. The maximum Gasteiger partial charge on any atom is 0.309 e. The van der Waals surface area contributed by atoms with E-state index in [0.717, 1.165) is 63.4 Å². The average molecular weight is 673 g/mol. The molecule has 0 aliphatic heterocycles. The fourth-order valence-corrected chi connectivity index (χ4v) is 6.63. The van der Waals surface area contributed by atoms with Crippen LogP contribution in [-0.2, 0) is 25.7 Å². The average Bonchev–Trinajstić information content (AvgIpc) is 3.07. The predicted octanol–water partition coefficient (Wildman–Crippen LogP) is 12.6. The summed E-state index contributed by atoms with van der Waals surface area (Å²) in [5, 5.41) is 17.4. The van der Waals surface area contributed by atoms with Crippen molar-refractivity contribution in [1.82, 2.24) is 0 Å². The first-order chi connectivity index (χ1) is 23.5. The molecule has 0 spiro atoms. The molecule has 1 aromatic rings. The van der Waals surface area contributed by atoms with E-state index in [4.69, 9.17) is 14.9 Å². The molecule has 0 saturated carbocycles. The van der Waals surface area contributed by atoms with Crippen LogP contribution in [0.4, 0.5) is 0 Å². The first kappa shape index (κ1) is 43.7. The van der Waals surface area contributed by atoms with Crippen LogP contribution in [0.3, 0.4) is 0 Å². The molecular formula is C42H72O6. The van der Waals surface area contributed by atoms with E-state index in [1.54, 1.807) is 0 Å². The van der Waals surface area contributed by atoms with Crippen LogP contribution in [0.25, 0.3) is 0 Å². The number of aliphatic carboxylic acids is 2. The lowest BCUT2D eigenvalue weighted by Crippen LogP contribution is -2.18. The molecule has 6 nitrogen and oxygen atoms in total. The van der Waals surface area contributed by atoms with Crippen molar-refractivity contribution in [2.24, 2.45) is 5.92 Å². The van der Waals surface area contributed by atoms with Gasteiger partial charge in [0.15, 0.2) is 0 Å². The molecule has 1 rings (SSSR count). The molecule has 1 unspecified atom stereocenters. The lowest BCUT2D eigenvalue weighted by atomic mass is 9.94. The zero-order chi connectivity index (χ0) is 34.8. The predicted molar refractivity (Wildman–Crippen MR) is 198 cm³/mol. The second-order valence-corrected chi connectivity index (χ2v) is 14.2. The smallest absolute Gasteiger partial charge is 0.309 e. The second kappa shape index (κ2) is 33.1. The van der Waals surface area contributed by atoms with E-state index in [0.29, 0.717) is 19.4 Å². The molecule has 6 heteroatoms. The highest BCUT2D eigenvalue weighted by atomic mass is 16.5. The minimum atomic E-state index is -0.677. The van der Waals surface area contributed by atoms with Gasteiger partial charge in [0.25, 0.3) is 0 Å². The molecular weight excluding hydrogens is 600 g/mol. The molecule has 0 heterocycles. The summed E-state index contributed by atoms with van der Waals surface area (Å²) in [6.07, 6.45) is 35.1. The normalized spacial score (nSPS) is 11.8. The zero-order valence-electron chi connectivity index (χ0n) is 30.6. The summed E-state index contributed by atoms with van der Waals surface area (Å²) in [6, 6.07) is 10.00. The summed E-state index contributed by atoms with van der Waals surface area (Å²) >= 11 is 0. The van der Waals surface area contributed by atoms with Crippen molar-refractivity contribution >= 4 is 17.9 Å². The van der Waals surface area contributed by atoms with Gasteiger partial charge in [-0.1, -0.05) is 191 Å². The van der Waals surface area contributed by atoms with Crippen molar-refractivity contribution in [3.05, 3.63) is 35.9 Å². The van der Waals surface area contributed by atoms with Gasteiger partial charge >= 0.3 is 17.9 Å². The number of esters is 1. The standard InChI is InChI=1S/C42H72O6/c43-40(44)35-29-22-18-14-10-6-2-1-4-8-12-16-20-27-33-39(42(47)48-37-38-31-25-24-26-32-38)34-28-21-17-13-9-5-3-7-11-15-19-23-30-36-41(45)46/h24-26,31-32,39H,1-23,27-30,33-37H2,(H,43,44)(H,45,46). The molecule has 0 aliphatic rings. The molecule has 0 bridgehead atoms. The van der Waals surface area contributed by atoms with E-state index in [1.807, 2.05) is 30.3 Å². The Morgan fingerprint density at radius 3 is 1.04 bits per heavy atom. The number of carboxylic acid groups (broad SMARTS) is 2. The summed E-state index contributed by atoms with van der Waals surface area (Å²) in [5.41, 5.74) is 1.05. The summed E-state index contributed by atoms with van der Waals surface area (Å²) in [6.45, 7) is 0.369. The number of hydrogen-bond acceptors (Lipinski definition) is 4. The van der Waals surface area contributed by atoms with Gasteiger partial charge in [-0.2, -0.15) is 0 Å². The molecule has 1 atom stereocenters. The van der Waals surface area contributed by atoms with Gasteiger partial charge in [-0.05, 0) is 31.2 Å². The van der Waals surface area contributed by atoms with Gasteiger partial charge in [-0.25, -0.2) is 0 Å². The molecule has 2 N–H and O–H groups in total. The Morgan fingerprint density at radius 2 is 0.729 bits per heavy atom. The van der Waals surface area contributed by atoms with E-state index in [9.17, 15) is 14.4 Å². The highest BCUT2D eigenvalue weighted by Gasteiger charge is 2.19. The lowest BCUT2D eigenvalue weighted by molar-refractivity contribution is -0.150. The van der Waals surface area contributed by atoms with Crippen molar-refractivity contribution in [3.8, 4) is 0 Å². The van der Waals surface area contributed by atoms with Crippen LogP contribution in [0.1, 0.15) is 205 Å². The third kappa shape index (κ3) is 29.7. The Balaban J connectivity index is 2.10. The summed E-state index contributed by atoms with van der Waals surface area (Å²) in [7, 11) is 0. The van der Waals surface area contributed by atoms with E-state index in [2.05, 4.69) is 0 Å². The highest BCUT2D eigenvalue weighted by molar-refractivity contribution is 5.72. The fourth-order valence-electron chi connectivity index (χ4n) is 6.63. The monoisotopic (exact) mass is 673 g/mol. The van der Waals surface area contributed by atoms with Crippen LogP contribution in [-0.4, -0.2) is 28.1 Å². The number of carbonyl (C=O) groups excluding carboxylic acids is 1. The van der Waals surface area contributed by atoms with Crippen LogP contribution >= 0.6 is 0 Å². The number of carbonyl (C=O) groups is 3. The Hall–Kier alpha value is -2.37. The minimum absolute atomic E-state index is 0.0130. The molecule has 0 radical (unpaired) electrons. The van der Waals surface area contributed by atoms with Crippen LogP contribution in [0.15, 0.2) is 30.3 Å². The molecule has 0 aromatic heterocycles. The first-order valence-corrected chi connectivity index (χ1v) is 20.1. The van der Waals surface area contributed by atoms with Crippen molar-refractivity contribution < 1.29 is 29.3 Å². The van der Waals surface area contributed by atoms with E-state index < -0.39 is 11.9 Å². The van der Waals surface area contributed by atoms with E-state index in [-0.39, 0.29) is 11.9 Å². The Bertz CT molecular complexity index is 885. The van der Waals surface area contributed by atoms with Crippen LogP contribution in [0.2, 0.25) is 0 Å². The molecule has 1 aromatic carbocycles. The van der Waals surface area contributed by atoms with Gasteiger partial charge in [0.05, 0.1) is 5.92 Å². The highest BCUT2D eigenvalue weighted by Crippen LogP contribution is 2.22. The molecule has 0 aliphatic carbocycles. The quantitative estimate of drug-likeness (QED) is 0.0543. The summed E-state index contributed by atoms with van der Waals surface area (Å²) in [4.78, 5) is 34.1. The third-order valence-corrected chi connectivity index (χ3v) is 9.69. The zero-order valence-corrected chi connectivity index (χ0v) is 30.6. The van der Waals surface area contributed by atoms with E-state index >= 15 is 0 Å². The number of ether oxygens (including phenoxy) is 1. The van der Waals surface area contributed by atoms with Gasteiger partial charge in [0.2, 0.25) is 0 Å². The molecule has 48 heavy (non-hydrogen) atoms. The number of carboxylic acids is 2. The maximum atomic E-state index is 13.0. The Morgan fingerprint density at radius 1 is 0.438 bits per heavy atom. The number of rotatable bonds is 36. The van der Waals surface area contributed by atoms with Gasteiger partial charge in [0.1, 0.15) is 6.61 Å². The van der Waals surface area contributed by atoms with Gasteiger partial charge < -0.3 is 14.9 Å². The van der Waals surface area contributed by atoms with Gasteiger partial charge in [-0.15, -0.1) is 0 Å². The molecule has 276 valence electrons. The van der Waals surface area contributed by atoms with Crippen molar-refractivity contribution in [2.75, 3.05) is 0 Å².